The maximum atomic E-state index is 15.1. The van der Waals surface area contributed by atoms with Crippen LogP contribution in [0.25, 0.3) is 11.1 Å². The molecule has 4 aromatic carbocycles. The minimum atomic E-state index is -0.200. The third-order valence-electron chi connectivity index (χ3n) is 11.3. The second kappa shape index (κ2) is 20.7. The number of unbranched alkanes of at least 4 members (excludes halogenated alkanes) is 14. The van der Waals surface area contributed by atoms with Crippen molar-refractivity contribution in [3.05, 3.63) is 106 Å². The maximum absolute atomic E-state index is 15.1. The van der Waals surface area contributed by atoms with Crippen molar-refractivity contribution in [3.8, 4) is 22.6 Å². The molecule has 0 unspecified atom stereocenters. The van der Waals surface area contributed by atoms with Crippen LogP contribution in [0.1, 0.15) is 181 Å². The number of phenols is 2. The number of aryl methyl sites for hydroxylation is 2. The molecule has 1 aliphatic carbocycles. The summed E-state index contributed by atoms with van der Waals surface area (Å²) in [6, 6.07) is 22.6. The van der Waals surface area contributed by atoms with Gasteiger partial charge in [-0.2, -0.15) is 0 Å². The molecule has 5 rings (SSSR count). The molecule has 0 atom stereocenters. The number of phenolic OH excluding ortho intramolecular Hbond substituents is 2. The topological polar surface area (TPSA) is 57.5 Å². The first-order valence-corrected chi connectivity index (χ1v) is 22.5. The van der Waals surface area contributed by atoms with Crippen molar-refractivity contribution in [2.45, 2.75) is 165 Å². The third kappa shape index (κ3) is 10.9. The Bertz CT molecular complexity index is 1890. The van der Waals surface area contributed by atoms with Crippen molar-refractivity contribution in [3.63, 3.8) is 0 Å². The zero-order valence-electron chi connectivity index (χ0n) is 34.2. The summed E-state index contributed by atoms with van der Waals surface area (Å²) in [6.45, 7) is 11.1. The Labute approximate surface area is 341 Å². The normalized spacial score (nSPS) is 12.6. The number of rotatable bonds is 21. The zero-order valence-corrected chi connectivity index (χ0v) is 35.8. The van der Waals surface area contributed by atoms with E-state index in [-0.39, 0.29) is 22.7 Å². The summed E-state index contributed by atoms with van der Waals surface area (Å²) in [5.41, 5.74) is 6.27. The van der Waals surface area contributed by atoms with E-state index in [0.717, 1.165) is 57.7 Å². The van der Waals surface area contributed by atoms with Crippen molar-refractivity contribution in [1.29, 1.82) is 0 Å². The van der Waals surface area contributed by atoms with Gasteiger partial charge in [0.1, 0.15) is 11.5 Å². The number of carbonyl (C=O) groups is 1. The van der Waals surface area contributed by atoms with Crippen LogP contribution in [0.5, 0.6) is 11.5 Å². The molecule has 0 amide bonds. The average molecular weight is 777 g/mol. The van der Waals surface area contributed by atoms with E-state index in [0.29, 0.717) is 40.0 Å². The van der Waals surface area contributed by atoms with Crippen LogP contribution in [0.3, 0.4) is 0 Å². The summed E-state index contributed by atoms with van der Waals surface area (Å²) in [5.74, 6) is -0.0286. The molecule has 0 heterocycles. The summed E-state index contributed by atoms with van der Waals surface area (Å²) >= 11 is 7.84. The Morgan fingerprint density at radius 1 is 0.582 bits per heavy atom. The van der Waals surface area contributed by atoms with Crippen LogP contribution in [-0.2, 0) is 18.3 Å². The van der Waals surface area contributed by atoms with E-state index in [4.69, 9.17) is 12.2 Å². The molecule has 0 bridgehead atoms. The van der Waals surface area contributed by atoms with E-state index < -0.39 is 0 Å². The van der Waals surface area contributed by atoms with Crippen molar-refractivity contribution < 1.29 is 15.0 Å². The van der Waals surface area contributed by atoms with Crippen molar-refractivity contribution in [2.75, 3.05) is 0 Å². The predicted octanol–water partition coefficient (Wildman–Crippen LogP) is 14.9. The maximum Gasteiger partial charge on any atom is 0.196 e. The first kappa shape index (κ1) is 42.7. The van der Waals surface area contributed by atoms with Gasteiger partial charge in [0.2, 0.25) is 0 Å². The molecular formula is C50H64O3S2. The lowest BCUT2D eigenvalue weighted by Crippen LogP contribution is -2.24. The van der Waals surface area contributed by atoms with Crippen LogP contribution >= 0.6 is 24.0 Å². The van der Waals surface area contributed by atoms with E-state index in [9.17, 15) is 10.2 Å². The summed E-state index contributed by atoms with van der Waals surface area (Å²) in [5, 5.41) is 24.1. The SMILES string of the molecule is CCCCCCCCCCc1cc(Sc2ccc(C(C)(C)C)cc2)c2c(c1O)C(=S)c1c(O)c(CCCCCCCCCC)cc(-c3ccccc3)c1C2=O. The van der Waals surface area contributed by atoms with Crippen molar-refractivity contribution in [1.82, 2.24) is 0 Å². The smallest absolute Gasteiger partial charge is 0.196 e. The molecule has 0 saturated carbocycles. The average Bonchev–Trinajstić information content (AvgIpc) is 3.17. The summed E-state index contributed by atoms with van der Waals surface area (Å²) < 4.78 is 0. The van der Waals surface area contributed by atoms with Gasteiger partial charge in [-0.1, -0.05) is 191 Å². The fraction of sp³-hybridized carbons (Fsp3) is 0.480. The molecular weight excluding hydrogens is 713 g/mol. The lowest BCUT2D eigenvalue weighted by atomic mass is 9.77. The molecule has 0 radical (unpaired) electrons. The molecule has 4 aromatic rings. The molecule has 0 saturated heterocycles. The third-order valence-corrected chi connectivity index (χ3v) is 12.7. The highest BCUT2D eigenvalue weighted by molar-refractivity contribution is 7.99. The second-order valence-corrected chi connectivity index (χ2v) is 18.2. The summed E-state index contributed by atoms with van der Waals surface area (Å²) in [4.78, 5) is 17.3. The van der Waals surface area contributed by atoms with Crippen LogP contribution in [0.2, 0.25) is 0 Å². The van der Waals surface area contributed by atoms with Gasteiger partial charge in [-0.05, 0) is 83.2 Å². The number of ketones is 1. The van der Waals surface area contributed by atoms with Gasteiger partial charge in [0.25, 0.3) is 0 Å². The number of hydrogen-bond donors (Lipinski definition) is 2. The van der Waals surface area contributed by atoms with Crippen LogP contribution < -0.4 is 0 Å². The van der Waals surface area contributed by atoms with Gasteiger partial charge in [-0.15, -0.1) is 0 Å². The molecule has 0 spiro atoms. The Balaban J connectivity index is 1.53. The van der Waals surface area contributed by atoms with Crippen LogP contribution in [0.15, 0.2) is 76.5 Å². The Morgan fingerprint density at radius 3 is 1.56 bits per heavy atom. The van der Waals surface area contributed by atoms with E-state index in [1.807, 2.05) is 42.5 Å². The minimum Gasteiger partial charge on any atom is -0.507 e. The Kier molecular flexibility index (Phi) is 16.1. The quantitative estimate of drug-likeness (QED) is 0.0574. The molecule has 0 aliphatic heterocycles. The van der Waals surface area contributed by atoms with E-state index in [1.54, 1.807) is 11.8 Å². The summed E-state index contributed by atoms with van der Waals surface area (Å²) in [6.07, 6.45) is 20.6. The van der Waals surface area contributed by atoms with E-state index in [1.165, 1.54) is 82.6 Å². The standard InChI is InChI=1S/C50H64O3S2/c1-6-8-10-12-14-16-18-21-27-36-33-40(35-25-23-20-24-26-35)42-44(46(36)51)49(54)45-43(48(42)53)41(55-39-31-29-38(30-32-39)50(3,4)5)34-37(47(45)52)28-22-19-17-15-13-11-9-7-2/h20,23-26,29-34,51-52H,6-19,21-22,27-28H2,1-5H3. The van der Waals surface area contributed by atoms with Gasteiger partial charge < -0.3 is 10.2 Å². The highest BCUT2D eigenvalue weighted by atomic mass is 32.2. The number of benzene rings is 4. The van der Waals surface area contributed by atoms with E-state index in [2.05, 4.69) is 58.9 Å². The first-order valence-electron chi connectivity index (χ1n) is 21.3. The van der Waals surface area contributed by atoms with Crippen molar-refractivity contribution >= 4 is 34.6 Å². The number of carbonyl (C=O) groups excluding carboxylic acids is 1. The minimum absolute atomic E-state index is 0.0267. The highest BCUT2D eigenvalue weighted by Gasteiger charge is 2.38. The Morgan fingerprint density at radius 2 is 1.05 bits per heavy atom. The molecule has 5 heteroatoms. The lowest BCUT2D eigenvalue weighted by molar-refractivity contribution is 0.103. The first-order chi connectivity index (χ1) is 26.6. The molecule has 1 aliphatic rings. The molecule has 55 heavy (non-hydrogen) atoms. The molecule has 294 valence electrons. The number of thiocarbonyl (C=S) groups is 1. The number of aromatic hydroxyl groups is 2. The molecule has 2 N–H and O–H groups in total. The van der Waals surface area contributed by atoms with Gasteiger partial charge in [-0.25, -0.2) is 0 Å². The van der Waals surface area contributed by atoms with Gasteiger partial charge in [0, 0.05) is 32.0 Å². The van der Waals surface area contributed by atoms with Crippen LogP contribution in [-0.4, -0.2) is 20.9 Å². The zero-order chi connectivity index (χ0) is 39.4. The predicted molar refractivity (Wildman–Crippen MR) is 238 cm³/mol. The van der Waals surface area contributed by atoms with Gasteiger partial charge >= 0.3 is 0 Å². The highest BCUT2D eigenvalue weighted by Crippen LogP contribution is 2.48. The number of fused-ring (bicyclic) bond motifs is 2. The van der Waals surface area contributed by atoms with Gasteiger partial charge in [0.15, 0.2) is 5.78 Å². The lowest BCUT2D eigenvalue weighted by Gasteiger charge is -2.28. The van der Waals surface area contributed by atoms with Crippen molar-refractivity contribution in [2.24, 2.45) is 0 Å². The molecule has 0 fully saturated rings. The van der Waals surface area contributed by atoms with E-state index >= 15 is 4.79 Å². The molecule has 3 nitrogen and oxygen atoms in total. The van der Waals surface area contributed by atoms with Gasteiger partial charge in [-0.3, -0.25) is 4.79 Å². The van der Waals surface area contributed by atoms with Crippen LogP contribution in [0.4, 0.5) is 0 Å². The second-order valence-electron chi connectivity index (χ2n) is 16.7. The largest absolute Gasteiger partial charge is 0.507 e. The van der Waals surface area contributed by atoms with Crippen LogP contribution in [0, 0.1) is 0 Å². The fourth-order valence-corrected chi connectivity index (χ4v) is 9.36. The fourth-order valence-electron chi connectivity index (χ4n) is 7.94. The van der Waals surface area contributed by atoms with Gasteiger partial charge in [0.05, 0.1) is 4.86 Å². The molecule has 0 aromatic heterocycles. The summed E-state index contributed by atoms with van der Waals surface area (Å²) in [7, 11) is 0. The Hall–Kier alpha value is -3.41. The monoisotopic (exact) mass is 776 g/mol. The number of hydrogen-bond acceptors (Lipinski definition) is 5.